The summed E-state index contributed by atoms with van der Waals surface area (Å²) >= 11 is 0. The number of hydrogen-bond donors (Lipinski definition) is 4. The zero-order valence-electron chi connectivity index (χ0n) is 30.7. The maximum atomic E-state index is 12.4. The molecule has 0 aliphatic carbocycles. The lowest BCUT2D eigenvalue weighted by Crippen LogP contribution is -2.45. The molecule has 0 rings (SSSR count). The van der Waals surface area contributed by atoms with Crippen molar-refractivity contribution in [1.82, 2.24) is 5.32 Å². The maximum absolute atomic E-state index is 12.4. The number of aliphatic hydroxyl groups is 3. The summed E-state index contributed by atoms with van der Waals surface area (Å²) in [6.07, 6.45) is 43.2. The van der Waals surface area contributed by atoms with E-state index in [4.69, 9.17) is 0 Å². The lowest BCUT2D eigenvalue weighted by molar-refractivity contribution is -0.124. The molecular formula is C41H79NO4. The van der Waals surface area contributed by atoms with E-state index in [0.29, 0.717) is 6.42 Å². The van der Waals surface area contributed by atoms with Crippen LogP contribution in [0.2, 0.25) is 0 Å². The van der Waals surface area contributed by atoms with Crippen LogP contribution in [0.15, 0.2) is 24.3 Å². The molecule has 1 amide bonds. The molecule has 46 heavy (non-hydrogen) atoms. The van der Waals surface area contributed by atoms with E-state index < -0.39 is 18.2 Å². The van der Waals surface area contributed by atoms with Crippen LogP contribution in [0, 0.1) is 0 Å². The zero-order valence-corrected chi connectivity index (χ0v) is 30.7. The Bertz CT molecular complexity index is 679. The average Bonchev–Trinajstić information content (AvgIpc) is 3.05. The zero-order chi connectivity index (χ0) is 33.8. The Labute approximate surface area is 286 Å². The third-order valence-corrected chi connectivity index (χ3v) is 9.23. The summed E-state index contributed by atoms with van der Waals surface area (Å²) in [7, 11) is 0. The van der Waals surface area contributed by atoms with Gasteiger partial charge in [-0.25, -0.2) is 0 Å². The Balaban J connectivity index is 3.62. The maximum Gasteiger partial charge on any atom is 0.222 e. The van der Waals surface area contributed by atoms with Crippen molar-refractivity contribution in [2.75, 3.05) is 6.61 Å². The first-order chi connectivity index (χ1) is 22.5. The van der Waals surface area contributed by atoms with Crippen LogP contribution in [0.3, 0.4) is 0 Å². The number of allylic oxidation sites excluding steroid dienone is 3. The molecule has 5 heteroatoms. The molecule has 0 saturated carbocycles. The molecule has 3 atom stereocenters. The third kappa shape index (κ3) is 32.8. The Morgan fingerprint density at radius 2 is 0.913 bits per heavy atom. The standard InChI is InChI=1S/C41H79NO4/c1-3-5-7-9-11-13-14-15-16-17-18-19-20-21-22-23-24-25-27-28-30-32-34-38(44)36-41(46)42-39(37-43)40(45)35-33-31-29-26-12-10-8-6-4-2/h21-22,33,35,38-40,43-45H,3-20,23-32,34,36-37H2,1-2H3,(H,42,46)/b22-21-,35-33+. The smallest absolute Gasteiger partial charge is 0.222 e. The molecule has 3 unspecified atom stereocenters. The third-order valence-electron chi connectivity index (χ3n) is 9.23. The minimum absolute atomic E-state index is 0.0105. The van der Waals surface area contributed by atoms with Gasteiger partial charge in [0.15, 0.2) is 0 Å². The van der Waals surface area contributed by atoms with Crippen LogP contribution in [0.5, 0.6) is 0 Å². The molecule has 0 aromatic heterocycles. The topological polar surface area (TPSA) is 89.8 Å². The number of carbonyl (C=O) groups is 1. The van der Waals surface area contributed by atoms with Crippen LogP contribution in [0.1, 0.15) is 206 Å². The highest BCUT2D eigenvalue weighted by atomic mass is 16.3. The van der Waals surface area contributed by atoms with Gasteiger partial charge >= 0.3 is 0 Å². The number of rotatable bonds is 36. The highest BCUT2D eigenvalue weighted by molar-refractivity contribution is 5.76. The molecule has 0 aromatic rings. The molecule has 0 radical (unpaired) electrons. The number of nitrogens with one attached hydrogen (secondary N) is 1. The van der Waals surface area contributed by atoms with Gasteiger partial charge in [-0.05, 0) is 44.9 Å². The van der Waals surface area contributed by atoms with E-state index in [1.165, 1.54) is 154 Å². The number of unbranched alkanes of at least 4 members (excludes halogenated alkanes) is 25. The van der Waals surface area contributed by atoms with Gasteiger partial charge < -0.3 is 20.6 Å². The van der Waals surface area contributed by atoms with Gasteiger partial charge in [0.1, 0.15) is 0 Å². The average molecular weight is 650 g/mol. The van der Waals surface area contributed by atoms with Gasteiger partial charge in [0, 0.05) is 0 Å². The van der Waals surface area contributed by atoms with Crippen LogP contribution in [-0.2, 0) is 4.79 Å². The van der Waals surface area contributed by atoms with Gasteiger partial charge in [-0.1, -0.05) is 179 Å². The van der Waals surface area contributed by atoms with Crippen molar-refractivity contribution >= 4 is 5.91 Å². The van der Waals surface area contributed by atoms with Crippen LogP contribution < -0.4 is 5.32 Å². The van der Waals surface area contributed by atoms with Gasteiger partial charge in [0.25, 0.3) is 0 Å². The van der Waals surface area contributed by atoms with Gasteiger partial charge in [-0.2, -0.15) is 0 Å². The highest BCUT2D eigenvalue weighted by Crippen LogP contribution is 2.14. The molecule has 0 aliphatic heterocycles. The van der Waals surface area contributed by atoms with E-state index in [-0.39, 0.29) is 18.9 Å². The lowest BCUT2D eigenvalue weighted by atomic mass is 10.0. The molecule has 5 nitrogen and oxygen atoms in total. The first-order valence-corrected chi connectivity index (χ1v) is 20.1. The van der Waals surface area contributed by atoms with E-state index in [9.17, 15) is 20.1 Å². The fraction of sp³-hybridized carbons (Fsp3) is 0.878. The van der Waals surface area contributed by atoms with Crippen LogP contribution in [0.4, 0.5) is 0 Å². The molecule has 0 aliphatic rings. The van der Waals surface area contributed by atoms with Crippen LogP contribution >= 0.6 is 0 Å². The Morgan fingerprint density at radius 1 is 0.543 bits per heavy atom. The van der Waals surface area contributed by atoms with Gasteiger partial charge in [0.2, 0.25) is 5.91 Å². The van der Waals surface area contributed by atoms with Crippen molar-refractivity contribution in [2.24, 2.45) is 0 Å². The first kappa shape index (κ1) is 44.8. The van der Waals surface area contributed by atoms with Crippen molar-refractivity contribution in [2.45, 2.75) is 225 Å². The van der Waals surface area contributed by atoms with Gasteiger partial charge in [-0.15, -0.1) is 0 Å². The molecule has 0 heterocycles. The van der Waals surface area contributed by atoms with E-state index in [1.54, 1.807) is 6.08 Å². The van der Waals surface area contributed by atoms with Gasteiger partial charge in [-0.3, -0.25) is 4.79 Å². The Kier molecular flexibility index (Phi) is 35.7. The van der Waals surface area contributed by atoms with Crippen LogP contribution in [0.25, 0.3) is 0 Å². The Morgan fingerprint density at radius 3 is 1.33 bits per heavy atom. The van der Waals surface area contributed by atoms with Crippen LogP contribution in [-0.4, -0.2) is 46.1 Å². The molecule has 0 saturated heterocycles. The summed E-state index contributed by atoms with van der Waals surface area (Å²) in [5, 5.41) is 33.0. The molecule has 272 valence electrons. The van der Waals surface area contributed by atoms with Crippen molar-refractivity contribution < 1.29 is 20.1 Å². The summed E-state index contributed by atoms with van der Waals surface area (Å²) in [5.41, 5.74) is 0. The van der Waals surface area contributed by atoms with E-state index in [2.05, 4.69) is 31.3 Å². The lowest BCUT2D eigenvalue weighted by Gasteiger charge is -2.21. The minimum Gasteiger partial charge on any atom is -0.394 e. The quantitative estimate of drug-likeness (QED) is 0.0401. The van der Waals surface area contributed by atoms with E-state index in [0.717, 1.165) is 25.7 Å². The summed E-state index contributed by atoms with van der Waals surface area (Å²) in [5.74, 6) is -0.321. The normalized spacial score (nSPS) is 13.9. The Hall–Kier alpha value is -1.17. The second-order valence-electron chi connectivity index (χ2n) is 13.9. The summed E-state index contributed by atoms with van der Waals surface area (Å²) in [4.78, 5) is 12.4. The largest absolute Gasteiger partial charge is 0.394 e. The molecule has 0 fully saturated rings. The second-order valence-corrected chi connectivity index (χ2v) is 13.9. The monoisotopic (exact) mass is 650 g/mol. The predicted octanol–water partition coefficient (Wildman–Crippen LogP) is 11.0. The number of hydrogen-bond acceptors (Lipinski definition) is 4. The fourth-order valence-electron chi connectivity index (χ4n) is 6.10. The fourth-order valence-corrected chi connectivity index (χ4v) is 6.10. The molecule has 0 bridgehead atoms. The van der Waals surface area contributed by atoms with Crippen molar-refractivity contribution in [3.63, 3.8) is 0 Å². The predicted molar refractivity (Wildman–Crippen MR) is 199 cm³/mol. The number of aliphatic hydroxyl groups excluding tert-OH is 3. The highest BCUT2D eigenvalue weighted by Gasteiger charge is 2.20. The second kappa shape index (κ2) is 36.7. The van der Waals surface area contributed by atoms with Crippen molar-refractivity contribution in [3.05, 3.63) is 24.3 Å². The molecular weight excluding hydrogens is 570 g/mol. The van der Waals surface area contributed by atoms with E-state index in [1.807, 2.05) is 6.08 Å². The number of amides is 1. The van der Waals surface area contributed by atoms with Gasteiger partial charge in [0.05, 0.1) is 31.3 Å². The first-order valence-electron chi connectivity index (χ1n) is 20.1. The molecule has 0 aromatic carbocycles. The number of carbonyl (C=O) groups excluding carboxylic acids is 1. The molecule has 4 N–H and O–H groups in total. The van der Waals surface area contributed by atoms with E-state index >= 15 is 0 Å². The van der Waals surface area contributed by atoms with Crippen molar-refractivity contribution in [1.29, 1.82) is 0 Å². The summed E-state index contributed by atoms with van der Waals surface area (Å²) in [6.45, 7) is 4.18. The SMILES string of the molecule is CCCCCCCCC/C=C/C(O)C(CO)NC(=O)CC(O)CCCCCCCC/C=C\CCCCCCCCCCCCCC. The summed E-state index contributed by atoms with van der Waals surface area (Å²) < 4.78 is 0. The minimum atomic E-state index is -0.926. The molecule has 0 spiro atoms. The van der Waals surface area contributed by atoms with Crippen molar-refractivity contribution in [3.8, 4) is 0 Å². The summed E-state index contributed by atoms with van der Waals surface area (Å²) in [6, 6.07) is -0.741.